The Morgan fingerprint density at radius 3 is 2.87 bits per heavy atom. The molecule has 156 valence electrons. The fourth-order valence-electron chi connectivity index (χ4n) is 4.13. The zero-order valence-electron chi connectivity index (χ0n) is 17.2. The predicted octanol–water partition coefficient (Wildman–Crippen LogP) is 3.36. The first-order chi connectivity index (χ1) is 15.1. The number of hydrogen-bond donors (Lipinski definition) is 3. The highest BCUT2D eigenvalue weighted by atomic mass is 16.1. The number of fused-ring (bicyclic) bond motifs is 1. The molecule has 3 aromatic heterocycles. The number of nitrogens with zero attached hydrogens (tertiary/aromatic N) is 4. The molecule has 0 bridgehead atoms. The van der Waals surface area contributed by atoms with E-state index < -0.39 is 0 Å². The molecule has 0 unspecified atom stereocenters. The second kappa shape index (κ2) is 7.81. The summed E-state index contributed by atoms with van der Waals surface area (Å²) < 4.78 is 2.03. The molecular weight excluding hydrogens is 390 g/mol. The van der Waals surface area contributed by atoms with Crippen LogP contribution in [0.15, 0.2) is 55.0 Å². The number of amides is 1. The summed E-state index contributed by atoms with van der Waals surface area (Å²) in [6, 6.07) is 11.3. The molecule has 4 heterocycles. The van der Waals surface area contributed by atoms with Crippen molar-refractivity contribution >= 4 is 23.1 Å². The first-order valence-electron chi connectivity index (χ1n) is 10.3. The van der Waals surface area contributed by atoms with Gasteiger partial charge in [-0.05, 0) is 56.1 Å². The number of hydrogen-bond acceptors (Lipinski definition) is 6. The van der Waals surface area contributed by atoms with Gasteiger partial charge in [0.2, 0.25) is 0 Å². The van der Waals surface area contributed by atoms with Crippen LogP contribution in [0, 0.1) is 6.92 Å². The molecule has 4 aromatic rings. The van der Waals surface area contributed by atoms with Gasteiger partial charge >= 0.3 is 0 Å². The van der Waals surface area contributed by atoms with Gasteiger partial charge in [-0.3, -0.25) is 9.20 Å². The first-order valence-corrected chi connectivity index (χ1v) is 10.3. The Hall–Kier alpha value is -3.78. The largest absolute Gasteiger partial charge is 0.382 e. The van der Waals surface area contributed by atoms with Crippen molar-refractivity contribution < 1.29 is 4.79 Å². The molecule has 1 fully saturated rings. The fourth-order valence-corrected chi connectivity index (χ4v) is 4.13. The molecule has 8 nitrogen and oxygen atoms in total. The molecule has 1 aliphatic rings. The van der Waals surface area contributed by atoms with Crippen LogP contribution in [0.2, 0.25) is 0 Å². The lowest BCUT2D eigenvalue weighted by Gasteiger charge is -2.09. The van der Waals surface area contributed by atoms with Crippen LogP contribution in [0.5, 0.6) is 0 Å². The number of carbonyl (C=O) groups excluding carboxylic acids is 1. The Morgan fingerprint density at radius 1 is 1.23 bits per heavy atom. The Balaban J connectivity index is 1.53. The quantitative estimate of drug-likeness (QED) is 0.473. The summed E-state index contributed by atoms with van der Waals surface area (Å²) in [6.45, 7) is 2.89. The van der Waals surface area contributed by atoms with Crippen LogP contribution < -0.4 is 16.4 Å². The van der Waals surface area contributed by atoms with Crippen LogP contribution in [0.4, 0.5) is 11.6 Å². The summed E-state index contributed by atoms with van der Waals surface area (Å²) in [4.78, 5) is 26.1. The van der Waals surface area contributed by atoms with E-state index >= 15 is 0 Å². The van der Waals surface area contributed by atoms with Crippen LogP contribution in [0.1, 0.15) is 40.6 Å². The number of aryl methyl sites for hydroxylation is 1. The number of rotatable bonds is 4. The molecule has 5 rings (SSSR count). The molecule has 0 radical (unpaired) electrons. The molecule has 1 amide bonds. The first kappa shape index (κ1) is 19.2. The van der Waals surface area contributed by atoms with Gasteiger partial charge in [0, 0.05) is 29.7 Å². The molecule has 0 saturated carbocycles. The number of carbonyl (C=O) groups is 1. The molecule has 31 heavy (non-hydrogen) atoms. The molecule has 0 aliphatic carbocycles. The number of nitrogens with two attached hydrogens (primary N) is 1. The molecule has 1 atom stereocenters. The van der Waals surface area contributed by atoms with Crippen molar-refractivity contribution in [2.75, 3.05) is 17.6 Å². The summed E-state index contributed by atoms with van der Waals surface area (Å²) in [7, 11) is 0. The van der Waals surface area contributed by atoms with Gasteiger partial charge in [0.25, 0.3) is 5.91 Å². The second-order valence-corrected chi connectivity index (χ2v) is 7.70. The molecule has 4 N–H and O–H groups in total. The van der Waals surface area contributed by atoms with Crippen LogP contribution in [0.25, 0.3) is 16.8 Å². The van der Waals surface area contributed by atoms with Crippen LogP contribution >= 0.6 is 0 Å². The lowest BCUT2D eigenvalue weighted by atomic mass is 10.0. The third-order valence-corrected chi connectivity index (χ3v) is 5.63. The lowest BCUT2D eigenvalue weighted by Crippen LogP contribution is -2.16. The van der Waals surface area contributed by atoms with Gasteiger partial charge in [0.15, 0.2) is 0 Å². The van der Waals surface area contributed by atoms with Gasteiger partial charge in [-0.15, -0.1) is 0 Å². The third kappa shape index (κ3) is 3.51. The number of aromatic nitrogens is 4. The minimum Gasteiger partial charge on any atom is -0.382 e. The molecule has 1 aromatic carbocycles. The summed E-state index contributed by atoms with van der Waals surface area (Å²) >= 11 is 0. The van der Waals surface area contributed by atoms with E-state index in [-0.39, 0.29) is 11.9 Å². The lowest BCUT2D eigenvalue weighted by molar-refractivity contribution is 0.102. The average molecular weight is 413 g/mol. The van der Waals surface area contributed by atoms with E-state index in [9.17, 15) is 4.79 Å². The average Bonchev–Trinajstić information content (AvgIpc) is 3.43. The van der Waals surface area contributed by atoms with Gasteiger partial charge in [0.05, 0.1) is 6.04 Å². The maximum absolute atomic E-state index is 12.7. The molecule has 8 heteroatoms. The van der Waals surface area contributed by atoms with E-state index in [4.69, 9.17) is 10.7 Å². The minimum atomic E-state index is -0.200. The molecule has 0 spiro atoms. The van der Waals surface area contributed by atoms with Crippen molar-refractivity contribution in [1.82, 2.24) is 24.7 Å². The maximum Gasteiger partial charge on any atom is 0.257 e. The summed E-state index contributed by atoms with van der Waals surface area (Å²) in [5.74, 6) is 1.69. The zero-order chi connectivity index (χ0) is 21.4. The van der Waals surface area contributed by atoms with Crippen molar-refractivity contribution in [2.24, 2.45) is 0 Å². The summed E-state index contributed by atoms with van der Waals surface area (Å²) in [5.41, 5.74) is 10.1. The summed E-state index contributed by atoms with van der Waals surface area (Å²) in [5, 5.41) is 6.33. The Labute approximate surface area is 179 Å². The number of benzene rings is 1. The van der Waals surface area contributed by atoms with Gasteiger partial charge in [-0.25, -0.2) is 15.0 Å². The number of nitrogens with one attached hydrogen (secondary N) is 2. The highest BCUT2D eigenvalue weighted by Gasteiger charge is 2.25. The van der Waals surface area contributed by atoms with E-state index in [2.05, 4.69) is 20.6 Å². The predicted molar refractivity (Wildman–Crippen MR) is 120 cm³/mol. The number of nitrogen functional groups attached to an aromatic ring is 1. The number of anilines is 2. The van der Waals surface area contributed by atoms with E-state index in [0.29, 0.717) is 17.2 Å². The standard InChI is InChI=1S/C23H23N7O/c1-14-13-15(7-8-16(14)23(31)28-18-6-2-3-9-26-18)19-20-21(24)27-11-12-30(20)22(29-19)17-5-4-10-25-17/h2-3,6-9,11-13,17,25H,4-5,10H2,1H3,(H2,24,27)(H,26,28,31)/t17-/m0/s1. The Morgan fingerprint density at radius 2 is 2.13 bits per heavy atom. The van der Waals surface area contributed by atoms with Crippen molar-refractivity contribution in [2.45, 2.75) is 25.8 Å². The normalized spacial score (nSPS) is 16.0. The number of imidazole rings is 1. The minimum absolute atomic E-state index is 0.188. The van der Waals surface area contributed by atoms with E-state index in [1.165, 1.54) is 0 Å². The monoisotopic (exact) mass is 413 g/mol. The molecule has 1 saturated heterocycles. The van der Waals surface area contributed by atoms with Gasteiger partial charge in [-0.1, -0.05) is 12.1 Å². The highest BCUT2D eigenvalue weighted by Crippen LogP contribution is 2.33. The van der Waals surface area contributed by atoms with Gasteiger partial charge in [-0.2, -0.15) is 0 Å². The maximum atomic E-state index is 12.7. The van der Waals surface area contributed by atoms with Crippen LogP contribution in [-0.2, 0) is 0 Å². The zero-order valence-corrected chi connectivity index (χ0v) is 17.2. The van der Waals surface area contributed by atoms with E-state index in [0.717, 1.165) is 47.5 Å². The van der Waals surface area contributed by atoms with Gasteiger partial charge in [0.1, 0.15) is 28.7 Å². The SMILES string of the molecule is Cc1cc(-c2nc([C@@H]3CCCN3)n3ccnc(N)c23)ccc1C(=O)Nc1ccccn1. The van der Waals surface area contributed by atoms with Crippen molar-refractivity contribution in [3.8, 4) is 11.3 Å². The van der Waals surface area contributed by atoms with Gasteiger partial charge < -0.3 is 16.4 Å². The summed E-state index contributed by atoms with van der Waals surface area (Å²) in [6.07, 6.45) is 7.40. The molecular formula is C23H23N7O. The second-order valence-electron chi connectivity index (χ2n) is 7.70. The molecule has 1 aliphatic heterocycles. The Kier molecular flexibility index (Phi) is 4.83. The smallest absolute Gasteiger partial charge is 0.257 e. The van der Waals surface area contributed by atoms with Crippen molar-refractivity contribution in [3.63, 3.8) is 0 Å². The Bertz CT molecular complexity index is 1260. The van der Waals surface area contributed by atoms with Crippen LogP contribution in [0.3, 0.4) is 0 Å². The van der Waals surface area contributed by atoms with Crippen molar-refractivity contribution in [3.05, 3.63) is 71.9 Å². The highest BCUT2D eigenvalue weighted by molar-refractivity contribution is 6.05. The fraction of sp³-hybridized carbons (Fsp3) is 0.217. The van der Waals surface area contributed by atoms with Crippen LogP contribution in [-0.4, -0.2) is 31.8 Å². The van der Waals surface area contributed by atoms with E-state index in [1.54, 1.807) is 24.5 Å². The topological polar surface area (TPSA) is 110 Å². The van der Waals surface area contributed by atoms with Crippen molar-refractivity contribution in [1.29, 1.82) is 0 Å². The van der Waals surface area contributed by atoms with E-state index in [1.807, 2.05) is 41.8 Å². The number of pyridine rings is 1. The third-order valence-electron chi connectivity index (χ3n) is 5.63.